The van der Waals surface area contributed by atoms with Gasteiger partial charge in [0.25, 0.3) is 0 Å². The van der Waals surface area contributed by atoms with E-state index in [2.05, 4.69) is 15.3 Å². The minimum atomic E-state index is -0.0742. The zero-order chi connectivity index (χ0) is 17.1. The number of rotatable bonds is 4. The molecular formula is C21H17N3O. The van der Waals surface area contributed by atoms with Crippen LogP contribution in [0.2, 0.25) is 0 Å². The van der Waals surface area contributed by atoms with Crippen LogP contribution in [-0.4, -0.2) is 15.9 Å². The molecule has 2 aromatic carbocycles. The first-order valence-corrected chi connectivity index (χ1v) is 8.15. The smallest absolute Gasteiger partial charge is 0.229 e. The molecule has 0 saturated heterocycles. The lowest BCUT2D eigenvalue weighted by atomic mass is 10.1. The number of aromatic nitrogens is 2. The molecule has 0 atom stereocenters. The van der Waals surface area contributed by atoms with Gasteiger partial charge in [-0.05, 0) is 46.8 Å². The van der Waals surface area contributed by atoms with E-state index < -0.39 is 0 Å². The van der Waals surface area contributed by atoms with Crippen LogP contribution in [-0.2, 0) is 11.2 Å². The van der Waals surface area contributed by atoms with Gasteiger partial charge in [0.15, 0.2) is 0 Å². The number of H-pyrrole nitrogens is 1. The van der Waals surface area contributed by atoms with Crippen LogP contribution in [0, 0.1) is 0 Å². The Morgan fingerprint density at radius 3 is 2.64 bits per heavy atom. The predicted molar refractivity (Wildman–Crippen MR) is 100 cm³/mol. The third kappa shape index (κ3) is 3.43. The Hall–Kier alpha value is -3.40. The van der Waals surface area contributed by atoms with Crippen LogP contribution >= 0.6 is 0 Å². The van der Waals surface area contributed by atoms with Gasteiger partial charge in [-0.2, -0.15) is 0 Å². The van der Waals surface area contributed by atoms with Gasteiger partial charge < -0.3 is 10.3 Å². The second-order valence-corrected chi connectivity index (χ2v) is 5.92. The maximum Gasteiger partial charge on any atom is 0.229 e. The molecule has 2 heterocycles. The van der Waals surface area contributed by atoms with Crippen LogP contribution in [0.25, 0.3) is 22.0 Å². The van der Waals surface area contributed by atoms with Crippen molar-refractivity contribution >= 4 is 22.6 Å². The molecule has 0 aliphatic heterocycles. The summed E-state index contributed by atoms with van der Waals surface area (Å²) in [6.07, 6.45) is 3.99. The molecule has 1 amide bonds. The van der Waals surface area contributed by atoms with Crippen molar-refractivity contribution in [3.63, 3.8) is 0 Å². The van der Waals surface area contributed by atoms with Crippen molar-refractivity contribution < 1.29 is 4.79 Å². The van der Waals surface area contributed by atoms with E-state index in [9.17, 15) is 4.79 Å². The molecular weight excluding hydrogens is 310 g/mol. The number of aromatic amines is 1. The molecule has 0 spiro atoms. The van der Waals surface area contributed by atoms with Crippen LogP contribution in [0.15, 0.2) is 79.1 Å². The summed E-state index contributed by atoms with van der Waals surface area (Å²) in [5.74, 6) is 0.488. The van der Waals surface area contributed by atoms with Crippen molar-refractivity contribution in [2.45, 2.75) is 6.42 Å². The first-order chi connectivity index (χ1) is 12.3. The Bertz CT molecular complexity index is 1000. The minimum absolute atomic E-state index is 0.0742. The highest BCUT2D eigenvalue weighted by atomic mass is 16.1. The Balaban J connectivity index is 1.43. The van der Waals surface area contributed by atoms with Crippen molar-refractivity contribution in [3.05, 3.63) is 84.7 Å². The number of anilines is 1. The second-order valence-electron chi connectivity index (χ2n) is 5.92. The number of nitrogens with zero attached hydrogens (tertiary/aromatic N) is 1. The summed E-state index contributed by atoms with van der Waals surface area (Å²) in [7, 11) is 0. The molecule has 2 N–H and O–H groups in total. The van der Waals surface area contributed by atoms with Crippen molar-refractivity contribution in [2.24, 2.45) is 0 Å². The van der Waals surface area contributed by atoms with Crippen molar-refractivity contribution in [1.29, 1.82) is 0 Å². The van der Waals surface area contributed by atoms with Crippen LogP contribution in [0.1, 0.15) is 5.56 Å². The molecule has 0 aliphatic rings. The van der Waals surface area contributed by atoms with Crippen LogP contribution in [0.3, 0.4) is 0 Å². The molecule has 0 bridgehead atoms. The third-order valence-corrected chi connectivity index (χ3v) is 4.12. The van der Waals surface area contributed by atoms with Crippen molar-refractivity contribution in [2.75, 3.05) is 5.32 Å². The van der Waals surface area contributed by atoms with Gasteiger partial charge in [0, 0.05) is 23.5 Å². The summed E-state index contributed by atoms with van der Waals surface area (Å²) in [5.41, 5.74) is 4.18. The van der Waals surface area contributed by atoms with Crippen molar-refractivity contribution in [1.82, 2.24) is 9.97 Å². The molecule has 4 rings (SSSR count). The Morgan fingerprint density at radius 2 is 1.84 bits per heavy atom. The van der Waals surface area contributed by atoms with Gasteiger partial charge in [-0.1, -0.05) is 36.4 Å². The fourth-order valence-electron chi connectivity index (χ4n) is 2.85. The van der Waals surface area contributed by atoms with Gasteiger partial charge in [-0.15, -0.1) is 0 Å². The van der Waals surface area contributed by atoms with E-state index in [1.807, 2.05) is 72.9 Å². The topological polar surface area (TPSA) is 57.8 Å². The van der Waals surface area contributed by atoms with E-state index >= 15 is 0 Å². The molecule has 0 aliphatic carbocycles. The first-order valence-electron chi connectivity index (χ1n) is 8.15. The van der Waals surface area contributed by atoms with Crippen LogP contribution < -0.4 is 5.32 Å². The Morgan fingerprint density at radius 1 is 0.960 bits per heavy atom. The number of benzene rings is 2. The van der Waals surface area contributed by atoms with E-state index in [-0.39, 0.29) is 5.91 Å². The number of carbonyl (C=O) groups excluding carboxylic acids is 1. The zero-order valence-corrected chi connectivity index (χ0v) is 13.6. The number of fused-ring (bicyclic) bond motifs is 1. The lowest BCUT2D eigenvalue weighted by molar-refractivity contribution is -0.115. The summed E-state index contributed by atoms with van der Waals surface area (Å²) in [6, 6.07) is 21.8. The number of hydrogen-bond acceptors (Lipinski definition) is 2. The molecule has 0 saturated carbocycles. The summed E-state index contributed by atoms with van der Waals surface area (Å²) in [6.45, 7) is 0. The average molecular weight is 327 g/mol. The molecule has 0 unspecified atom stereocenters. The molecule has 4 nitrogen and oxygen atoms in total. The lowest BCUT2D eigenvalue weighted by Crippen LogP contribution is -2.15. The highest BCUT2D eigenvalue weighted by molar-refractivity contribution is 5.92. The highest BCUT2D eigenvalue weighted by Gasteiger charge is 2.06. The van der Waals surface area contributed by atoms with Gasteiger partial charge in [0.1, 0.15) is 5.82 Å². The van der Waals surface area contributed by atoms with Gasteiger partial charge in [0.2, 0.25) is 5.91 Å². The van der Waals surface area contributed by atoms with E-state index in [4.69, 9.17) is 0 Å². The first kappa shape index (κ1) is 15.1. The van der Waals surface area contributed by atoms with Crippen LogP contribution in [0.5, 0.6) is 0 Å². The van der Waals surface area contributed by atoms with Gasteiger partial charge in [-0.25, -0.2) is 4.98 Å². The van der Waals surface area contributed by atoms with Gasteiger partial charge in [0.05, 0.1) is 6.42 Å². The summed E-state index contributed by atoms with van der Waals surface area (Å²) >= 11 is 0. The largest absolute Gasteiger partial charge is 0.361 e. The minimum Gasteiger partial charge on any atom is -0.361 e. The Labute approximate surface area is 145 Å². The number of nitrogens with one attached hydrogen (secondary N) is 2. The predicted octanol–water partition coefficient (Wildman–Crippen LogP) is 4.41. The fourth-order valence-corrected chi connectivity index (χ4v) is 2.85. The quantitative estimate of drug-likeness (QED) is 0.583. The molecule has 4 aromatic rings. The molecule has 25 heavy (non-hydrogen) atoms. The number of carbonyl (C=O) groups is 1. The normalized spacial score (nSPS) is 10.7. The monoisotopic (exact) mass is 327 g/mol. The maximum atomic E-state index is 12.3. The summed E-state index contributed by atoms with van der Waals surface area (Å²) in [5, 5.41) is 3.96. The highest BCUT2D eigenvalue weighted by Crippen LogP contribution is 2.19. The van der Waals surface area contributed by atoms with E-state index in [0.29, 0.717) is 12.2 Å². The molecule has 4 heteroatoms. The third-order valence-electron chi connectivity index (χ3n) is 4.12. The van der Waals surface area contributed by atoms with Gasteiger partial charge in [-0.3, -0.25) is 4.79 Å². The van der Waals surface area contributed by atoms with Crippen LogP contribution in [0.4, 0.5) is 5.82 Å². The van der Waals surface area contributed by atoms with E-state index in [0.717, 1.165) is 27.6 Å². The average Bonchev–Trinajstić information content (AvgIpc) is 3.11. The molecule has 2 aromatic heterocycles. The Kier molecular flexibility index (Phi) is 4.01. The van der Waals surface area contributed by atoms with E-state index in [1.54, 1.807) is 6.20 Å². The number of amides is 1. The maximum absolute atomic E-state index is 12.3. The lowest BCUT2D eigenvalue weighted by Gasteiger charge is -2.06. The second kappa shape index (κ2) is 6.61. The summed E-state index contributed by atoms with van der Waals surface area (Å²) in [4.78, 5) is 19.7. The van der Waals surface area contributed by atoms with Gasteiger partial charge >= 0.3 is 0 Å². The molecule has 122 valence electrons. The zero-order valence-electron chi connectivity index (χ0n) is 13.6. The van der Waals surface area contributed by atoms with E-state index in [1.165, 1.54) is 0 Å². The fraction of sp³-hybridized carbons (Fsp3) is 0.0476. The number of pyridine rings is 1. The number of hydrogen-bond donors (Lipinski definition) is 2. The van der Waals surface area contributed by atoms with Crippen molar-refractivity contribution in [3.8, 4) is 11.1 Å². The molecule has 0 radical (unpaired) electrons. The summed E-state index contributed by atoms with van der Waals surface area (Å²) < 4.78 is 0. The molecule has 0 fully saturated rings. The SMILES string of the molecule is O=C(Cc1ccc2[nH]ccc2c1)Nc1ccc(-c2ccccc2)cn1. The standard InChI is InChI=1S/C21H17N3O/c25-21(13-15-6-8-19-17(12-15)10-11-22-19)24-20-9-7-18(14-23-20)16-4-2-1-3-5-16/h1-12,14,22H,13H2,(H,23,24,25).